The molecule has 2 aromatic rings. The highest BCUT2D eigenvalue weighted by Gasteiger charge is 2.18. The zero-order chi connectivity index (χ0) is 13.4. The maximum absolute atomic E-state index is 13.6. The van der Waals surface area contributed by atoms with E-state index in [4.69, 9.17) is 11.6 Å². The van der Waals surface area contributed by atoms with Crippen LogP contribution in [0.5, 0.6) is 0 Å². The highest BCUT2D eigenvalue weighted by molar-refractivity contribution is 6.30. The predicted molar refractivity (Wildman–Crippen MR) is 62.6 cm³/mol. The van der Waals surface area contributed by atoms with Crippen LogP contribution in [0, 0.1) is 24.4 Å². The van der Waals surface area contributed by atoms with Crippen molar-refractivity contribution in [2.45, 2.75) is 20.3 Å². The number of rotatable bonds is 2. The van der Waals surface area contributed by atoms with Gasteiger partial charge in [0.15, 0.2) is 17.5 Å². The SMILES string of the molecule is CCc1c(C)nn(-c2cc(F)c(F)cc2F)c1Cl. The van der Waals surface area contributed by atoms with Gasteiger partial charge in [0.05, 0.1) is 5.69 Å². The second-order valence-electron chi connectivity index (χ2n) is 3.84. The van der Waals surface area contributed by atoms with E-state index >= 15 is 0 Å². The minimum absolute atomic E-state index is 0.207. The Labute approximate surface area is 107 Å². The average Bonchev–Trinajstić information content (AvgIpc) is 2.59. The number of nitrogens with zero attached hydrogens (tertiary/aromatic N) is 2. The molecule has 18 heavy (non-hydrogen) atoms. The van der Waals surface area contributed by atoms with Crippen molar-refractivity contribution >= 4 is 11.6 Å². The summed E-state index contributed by atoms with van der Waals surface area (Å²) in [6.07, 6.45) is 0.621. The molecule has 0 atom stereocenters. The third kappa shape index (κ3) is 1.99. The van der Waals surface area contributed by atoms with E-state index in [0.717, 1.165) is 16.3 Å². The highest BCUT2D eigenvalue weighted by atomic mass is 35.5. The maximum atomic E-state index is 13.6. The Morgan fingerprint density at radius 3 is 2.33 bits per heavy atom. The van der Waals surface area contributed by atoms with Gasteiger partial charge in [-0.2, -0.15) is 5.10 Å². The molecule has 96 valence electrons. The summed E-state index contributed by atoms with van der Waals surface area (Å²) < 4.78 is 40.7. The van der Waals surface area contributed by atoms with Crippen LogP contribution in [0.25, 0.3) is 5.69 Å². The number of hydrogen-bond acceptors (Lipinski definition) is 1. The van der Waals surface area contributed by atoms with E-state index in [-0.39, 0.29) is 10.8 Å². The summed E-state index contributed by atoms with van der Waals surface area (Å²) >= 11 is 6.05. The summed E-state index contributed by atoms with van der Waals surface area (Å²) in [5.41, 5.74) is 1.18. The van der Waals surface area contributed by atoms with Crippen molar-refractivity contribution in [2.75, 3.05) is 0 Å². The molecule has 0 spiro atoms. The van der Waals surface area contributed by atoms with Crippen LogP contribution in [0.3, 0.4) is 0 Å². The number of aryl methyl sites for hydroxylation is 1. The Balaban J connectivity index is 2.66. The fourth-order valence-corrected chi connectivity index (χ4v) is 2.17. The van der Waals surface area contributed by atoms with Gasteiger partial charge < -0.3 is 0 Å². The smallest absolute Gasteiger partial charge is 0.161 e. The summed E-state index contributed by atoms with van der Waals surface area (Å²) in [7, 11) is 0. The standard InChI is InChI=1S/C12H10ClF3N2/c1-3-7-6(2)17-18(12(7)13)11-5-9(15)8(14)4-10(11)16/h4-5H,3H2,1-2H3. The molecule has 1 heterocycles. The van der Waals surface area contributed by atoms with E-state index in [1.165, 1.54) is 0 Å². The first-order valence-corrected chi connectivity index (χ1v) is 5.72. The minimum atomic E-state index is -1.24. The summed E-state index contributed by atoms with van der Waals surface area (Å²) in [5.74, 6) is -3.30. The predicted octanol–water partition coefficient (Wildman–Crippen LogP) is 3.81. The molecule has 0 radical (unpaired) electrons. The second-order valence-corrected chi connectivity index (χ2v) is 4.20. The lowest BCUT2D eigenvalue weighted by atomic mass is 10.2. The molecule has 6 heteroatoms. The molecule has 0 fully saturated rings. The Morgan fingerprint density at radius 1 is 1.17 bits per heavy atom. The zero-order valence-corrected chi connectivity index (χ0v) is 10.5. The van der Waals surface area contributed by atoms with Crippen LogP contribution in [0.2, 0.25) is 5.15 Å². The normalized spacial score (nSPS) is 11.0. The highest BCUT2D eigenvalue weighted by Crippen LogP contribution is 2.26. The Bertz CT molecular complexity index is 608. The van der Waals surface area contributed by atoms with E-state index in [2.05, 4.69) is 5.10 Å². The van der Waals surface area contributed by atoms with Crippen LogP contribution in [-0.4, -0.2) is 9.78 Å². The summed E-state index contributed by atoms with van der Waals surface area (Å²) in [4.78, 5) is 0. The average molecular weight is 275 g/mol. The quantitative estimate of drug-likeness (QED) is 0.762. The molecular weight excluding hydrogens is 265 g/mol. The fraction of sp³-hybridized carbons (Fsp3) is 0.250. The lowest BCUT2D eigenvalue weighted by molar-refractivity contribution is 0.491. The van der Waals surface area contributed by atoms with Gasteiger partial charge in [-0.25, -0.2) is 17.9 Å². The van der Waals surface area contributed by atoms with Crippen LogP contribution in [-0.2, 0) is 6.42 Å². The summed E-state index contributed by atoms with van der Waals surface area (Å²) in [6, 6.07) is 1.21. The minimum Gasteiger partial charge on any atom is -0.219 e. The molecule has 2 rings (SSSR count). The van der Waals surface area contributed by atoms with Gasteiger partial charge >= 0.3 is 0 Å². The van der Waals surface area contributed by atoms with Crippen molar-refractivity contribution in [3.63, 3.8) is 0 Å². The number of halogens is 4. The molecular formula is C12H10ClF3N2. The third-order valence-corrected chi connectivity index (χ3v) is 3.08. The van der Waals surface area contributed by atoms with Crippen molar-refractivity contribution in [3.05, 3.63) is 46.0 Å². The first kappa shape index (κ1) is 13.0. The van der Waals surface area contributed by atoms with Gasteiger partial charge in [0.25, 0.3) is 0 Å². The van der Waals surface area contributed by atoms with E-state index in [1.54, 1.807) is 6.92 Å². The van der Waals surface area contributed by atoms with Crippen molar-refractivity contribution in [2.24, 2.45) is 0 Å². The second kappa shape index (κ2) is 4.65. The topological polar surface area (TPSA) is 17.8 Å². The largest absolute Gasteiger partial charge is 0.219 e. The van der Waals surface area contributed by atoms with Crippen molar-refractivity contribution in [3.8, 4) is 5.69 Å². The van der Waals surface area contributed by atoms with Crippen molar-refractivity contribution < 1.29 is 13.2 Å². The summed E-state index contributed by atoms with van der Waals surface area (Å²) in [6.45, 7) is 3.60. The number of hydrogen-bond donors (Lipinski definition) is 0. The fourth-order valence-electron chi connectivity index (χ4n) is 1.77. The van der Waals surface area contributed by atoms with Gasteiger partial charge in [-0.15, -0.1) is 0 Å². The van der Waals surface area contributed by atoms with E-state index in [1.807, 2.05) is 6.92 Å². The van der Waals surface area contributed by atoms with E-state index in [0.29, 0.717) is 18.2 Å². The van der Waals surface area contributed by atoms with Gasteiger partial charge in [0.1, 0.15) is 10.8 Å². The maximum Gasteiger partial charge on any atom is 0.161 e. The van der Waals surface area contributed by atoms with Crippen LogP contribution in [0.4, 0.5) is 13.2 Å². The lowest BCUT2D eigenvalue weighted by Gasteiger charge is -2.05. The molecule has 0 aliphatic rings. The van der Waals surface area contributed by atoms with Crippen LogP contribution < -0.4 is 0 Å². The molecule has 0 aliphatic heterocycles. The Kier molecular flexibility index (Phi) is 3.34. The molecule has 0 saturated carbocycles. The Hall–Kier alpha value is -1.49. The van der Waals surface area contributed by atoms with Gasteiger partial charge in [-0.3, -0.25) is 0 Å². The van der Waals surface area contributed by atoms with Crippen LogP contribution in [0.1, 0.15) is 18.2 Å². The number of aromatic nitrogens is 2. The molecule has 0 bridgehead atoms. The molecule has 0 amide bonds. The molecule has 1 aromatic heterocycles. The van der Waals surface area contributed by atoms with Crippen LogP contribution in [0.15, 0.2) is 12.1 Å². The van der Waals surface area contributed by atoms with Gasteiger partial charge in [0, 0.05) is 17.7 Å². The van der Waals surface area contributed by atoms with E-state index in [9.17, 15) is 13.2 Å². The van der Waals surface area contributed by atoms with Gasteiger partial charge in [-0.1, -0.05) is 18.5 Å². The van der Waals surface area contributed by atoms with Gasteiger partial charge in [0.2, 0.25) is 0 Å². The molecule has 0 N–H and O–H groups in total. The molecule has 0 unspecified atom stereocenters. The summed E-state index contributed by atoms with van der Waals surface area (Å²) in [5, 5.41) is 4.25. The molecule has 2 nitrogen and oxygen atoms in total. The van der Waals surface area contributed by atoms with Crippen LogP contribution >= 0.6 is 11.6 Å². The third-order valence-electron chi connectivity index (χ3n) is 2.69. The van der Waals surface area contributed by atoms with Gasteiger partial charge in [-0.05, 0) is 13.3 Å². The zero-order valence-electron chi connectivity index (χ0n) is 9.77. The first-order valence-electron chi connectivity index (χ1n) is 5.34. The lowest BCUT2D eigenvalue weighted by Crippen LogP contribution is -2.02. The Morgan fingerprint density at radius 2 is 1.78 bits per heavy atom. The number of benzene rings is 1. The first-order chi connectivity index (χ1) is 8.45. The molecule has 0 saturated heterocycles. The van der Waals surface area contributed by atoms with Crippen molar-refractivity contribution in [1.29, 1.82) is 0 Å². The molecule has 1 aromatic carbocycles. The monoisotopic (exact) mass is 274 g/mol. The van der Waals surface area contributed by atoms with E-state index < -0.39 is 17.5 Å². The van der Waals surface area contributed by atoms with Crippen molar-refractivity contribution in [1.82, 2.24) is 9.78 Å². The molecule has 0 aliphatic carbocycles.